The molecule has 4 nitrogen and oxygen atoms in total. The van der Waals surface area contributed by atoms with Gasteiger partial charge in [0.05, 0.1) is 11.3 Å². The van der Waals surface area contributed by atoms with Crippen LogP contribution in [0.4, 0.5) is 0 Å². The summed E-state index contributed by atoms with van der Waals surface area (Å²) in [4.78, 5) is 10.6. The molecular formula is C10H9Cl2NO3. The van der Waals surface area contributed by atoms with Crippen LogP contribution < -0.4 is 10.2 Å². The molecule has 0 spiro atoms. The highest BCUT2D eigenvalue weighted by Gasteiger charge is 2.00. The molecule has 0 aliphatic heterocycles. The van der Waals surface area contributed by atoms with E-state index in [0.29, 0.717) is 15.8 Å². The molecule has 0 bridgehead atoms. The first-order valence-corrected chi connectivity index (χ1v) is 5.08. The second-order valence-corrected chi connectivity index (χ2v) is 3.65. The largest absolute Gasteiger partial charge is 0.464 e. The van der Waals surface area contributed by atoms with Gasteiger partial charge in [0.25, 0.3) is 0 Å². The molecule has 16 heavy (non-hydrogen) atoms. The van der Waals surface area contributed by atoms with Crippen LogP contribution in [-0.2, 0) is 4.79 Å². The molecule has 0 aromatic heterocycles. The highest BCUT2D eigenvalue weighted by atomic mass is 35.5. The van der Waals surface area contributed by atoms with Gasteiger partial charge in [0.1, 0.15) is 5.75 Å². The Morgan fingerprint density at radius 2 is 2.25 bits per heavy atom. The van der Waals surface area contributed by atoms with Gasteiger partial charge in [-0.3, -0.25) is 10.0 Å². The Balaban J connectivity index is 2.51. The van der Waals surface area contributed by atoms with E-state index in [9.17, 15) is 4.79 Å². The number of ether oxygens (including phenoxy) is 1. The molecule has 0 radical (unpaired) electrons. The Morgan fingerprint density at radius 3 is 2.88 bits per heavy atom. The van der Waals surface area contributed by atoms with E-state index in [0.717, 1.165) is 0 Å². The fourth-order valence-electron chi connectivity index (χ4n) is 0.893. The van der Waals surface area contributed by atoms with Gasteiger partial charge in [0.15, 0.2) is 0 Å². The molecule has 0 atom stereocenters. The zero-order chi connectivity index (χ0) is 12.0. The van der Waals surface area contributed by atoms with Crippen molar-refractivity contribution in [2.24, 2.45) is 0 Å². The minimum atomic E-state index is -0.526. The number of nitrogens with one attached hydrogen (secondary N) is 1. The third-order valence-corrected chi connectivity index (χ3v) is 2.14. The first-order valence-electron chi connectivity index (χ1n) is 4.33. The lowest BCUT2D eigenvalue weighted by atomic mass is 10.3. The van der Waals surface area contributed by atoms with E-state index in [2.05, 4.69) is 0 Å². The lowest BCUT2D eigenvalue weighted by Crippen LogP contribution is -2.16. The van der Waals surface area contributed by atoms with Crippen LogP contribution in [-0.4, -0.2) is 11.1 Å². The molecule has 1 rings (SSSR count). The molecule has 0 aliphatic rings. The third-order valence-electron chi connectivity index (χ3n) is 1.61. The summed E-state index contributed by atoms with van der Waals surface area (Å²) in [5, 5.41) is 9.11. The number of hydrogen-bond acceptors (Lipinski definition) is 3. The van der Waals surface area contributed by atoms with E-state index in [1.807, 2.05) is 0 Å². The molecule has 86 valence electrons. The summed E-state index contributed by atoms with van der Waals surface area (Å²) in [6.45, 7) is 0. The number of carbonyl (C=O) groups excluding carboxylic acids is 1. The number of benzene rings is 1. The van der Waals surface area contributed by atoms with Crippen LogP contribution in [0.5, 0.6) is 5.75 Å². The summed E-state index contributed by atoms with van der Waals surface area (Å²) >= 11 is 11.5. The predicted molar refractivity (Wildman–Crippen MR) is 60.8 cm³/mol. The van der Waals surface area contributed by atoms with Crippen LogP contribution in [0.15, 0.2) is 30.5 Å². The zero-order valence-corrected chi connectivity index (χ0v) is 9.63. The van der Waals surface area contributed by atoms with Crippen LogP contribution >= 0.6 is 23.2 Å². The standard InChI is InChI=1S/C10H9Cl2NO3/c11-7-3-4-9(8(12)6-7)16-5-1-2-10(14)13-15/h1,3-6,15H,2H2,(H,13,14)/b5-1+. The second kappa shape index (κ2) is 6.37. The van der Waals surface area contributed by atoms with E-state index in [1.165, 1.54) is 17.8 Å². The molecule has 1 aromatic rings. The van der Waals surface area contributed by atoms with E-state index >= 15 is 0 Å². The molecule has 0 saturated heterocycles. The van der Waals surface area contributed by atoms with Crippen molar-refractivity contribution in [2.45, 2.75) is 6.42 Å². The number of rotatable bonds is 4. The van der Waals surface area contributed by atoms with Gasteiger partial charge >= 0.3 is 0 Å². The average Bonchev–Trinajstić information content (AvgIpc) is 2.26. The van der Waals surface area contributed by atoms with Crippen molar-refractivity contribution in [3.8, 4) is 5.75 Å². The maximum absolute atomic E-state index is 10.6. The Morgan fingerprint density at radius 1 is 1.50 bits per heavy atom. The van der Waals surface area contributed by atoms with Gasteiger partial charge in [-0.1, -0.05) is 23.2 Å². The van der Waals surface area contributed by atoms with Crippen molar-refractivity contribution in [3.63, 3.8) is 0 Å². The third kappa shape index (κ3) is 4.10. The van der Waals surface area contributed by atoms with Crippen LogP contribution in [0.3, 0.4) is 0 Å². The number of halogens is 2. The smallest absolute Gasteiger partial charge is 0.247 e. The summed E-state index contributed by atoms with van der Waals surface area (Å²) < 4.78 is 5.15. The van der Waals surface area contributed by atoms with Crippen molar-refractivity contribution < 1.29 is 14.7 Å². The molecule has 1 aromatic carbocycles. The van der Waals surface area contributed by atoms with Gasteiger partial charge < -0.3 is 4.74 Å². The number of carbonyl (C=O) groups is 1. The Hall–Kier alpha value is -1.23. The van der Waals surface area contributed by atoms with Gasteiger partial charge in [0.2, 0.25) is 5.91 Å². The maximum atomic E-state index is 10.6. The maximum Gasteiger partial charge on any atom is 0.247 e. The van der Waals surface area contributed by atoms with E-state index in [-0.39, 0.29) is 6.42 Å². The normalized spacial score (nSPS) is 10.4. The second-order valence-electron chi connectivity index (χ2n) is 2.80. The topological polar surface area (TPSA) is 58.6 Å². The Kier molecular flexibility index (Phi) is 5.11. The zero-order valence-electron chi connectivity index (χ0n) is 8.11. The van der Waals surface area contributed by atoms with E-state index in [1.54, 1.807) is 18.2 Å². The SMILES string of the molecule is O=C(C/C=C/Oc1ccc(Cl)cc1Cl)NO. The first kappa shape index (κ1) is 12.8. The summed E-state index contributed by atoms with van der Waals surface area (Å²) in [6, 6.07) is 4.80. The molecular weight excluding hydrogens is 253 g/mol. The molecule has 0 fully saturated rings. The lowest BCUT2D eigenvalue weighted by Gasteiger charge is -2.02. The molecule has 0 saturated carbocycles. The average molecular weight is 262 g/mol. The van der Waals surface area contributed by atoms with Gasteiger partial charge in [-0.15, -0.1) is 0 Å². The summed E-state index contributed by atoms with van der Waals surface area (Å²) in [5.41, 5.74) is 1.49. The minimum Gasteiger partial charge on any atom is -0.464 e. The van der Waals surface area contributed by atoms with Crippen molar-refractivity contribution in [1.82, 2.24) is 5.48 Å². The molecule has 0 aliphatic carbocycles. The highest BCUT2D eigenvalue weighted by Crippen LogP contribution is 2.27. The van der Waals surface area contributed by atoms with Gasteiger partial charge in [-0.25, -0.2) is 5.48 Å². The van der Waals surface area contributed by atoms with Crippen molar-refractivity contribution >= 4 is 29.1 Å². The van der Waals surface area contributed by atoms with Crippen molar-refractivity contribution in [2.75, 3.05) is 0 Å². The van der Waals surface area contributed by atoms with Gasteiger partial charge in [0, 0.05) is 11.4 Å². The fraction of sp³-hybridized carbons (Fsp3) is 0.100. The quantitative estimate of drug-likeness (QED) is 0.498. The highest BCUT2D eigenvalue weighted by molar-refractivity contribution is 6.35. The minimum absolute atomic E-state index is 0.0156. The number of amides is 1. The van der Waals surface area contributed by atoms with Crippen LogP contribution in [0.1, 0.15) is 6.42 Å². The van der Waals surface area contributed by atoms with Crippen LogP contribution in [0.2, 0.25) is 10.0 Å². The Labute approximate surface area is 102 Å². The first-order chi connectivity index (χ1) is 7.63. The monoisotopic (exact) mass is 261 g/mol. The molecule has 6 heteroatoms. The van der Waals surface area contributed by atoms with Gasteiger partial charge in [-0.05, 0) is 24.3 Å². The molecule has 0 heterocycles. The van der Waals surface area contributed by atoms with Crippen LogP contribution in [0, 0.1) is 0 Å². The molecule has 0 unspecified atom stereocenters. The van der Waals surface area contributed by atoms with Gasteiger partial charge in [-0.2, -0.15) is 0 Å². The van der Waals surface area contributed by atoms with Crippen molar-refractivity contribution in [3.05, 3.63) is 40.6 Å². The number of hydroxylamine groups is 1. The molecule has 2 N–H and O–H groups in total. The Bertz CT molecular complexity index is 407. The fourth-order valence-corrected chi connectivity index (χ4v) is 1.35. The summed E-state index contributed by atoms with van der Waals surface area (Å²) in [5.74, 6) is -0.0891. The summed E-state index contributed by atoms with van der Waals surface area (Å²) in [7, 11) is 0. The molecule has 1 amide bonds. The number of hydrogen-bond donors (Lipinski definition) is 2. The lowest BCUT2D eigenvalue weighted by molar-refractivity contribution is -0.128. The van der Waals surface area contributed by atoms with Crippen LogP contribution in [0.25, 0.3) is 0 Å². The van der Waals surface area contributed by atoms with E-state index < -0.39 is 5.91 Å². The summed E-state index contributed by atoms with van der Waals surface area (Å²) in [6.07, 6.45) is 2.77. The van der Waals surface area contributed by atoms with E-state index in [4.69, 9.17) is 33.1 Å². The van der Waals surface area contributed by atoms with Crippen molar-refractivity contribution in [1.29, 1.82) is 0 Å². The predicted octanol–water partition coefficient (Wildman–Crippen LogP) is 2.78.